The van der Waals surface area contributed by atoms with Crippen LogP contribution in [0.15, 0.2) is 87.0 Å². The molecule has 9 nitrogen and oxygen atoms in total. The Labute approximate surface area is 199 Å². The lowest BCUT2D eigenvalue weighted by molar-refractivity contribution is -0.120. The van der Waals surface area contributed by atoms with E-state index in [-0.39, 0.29) is 22.3 Å². The zero-order valence-electron chi connectivity index (χ0n) is 17.9. The highest BCUT2D eigenvalue weighted by atomic mass is 32.3. The summed E-state index contributed by atoms with van der Waals surface area (Å²) in [6, 6.07) is 16.7. The summed E-state index contributed by atoms with van der Waals surface area (Å²) < 4.78 is 41.3. The maximum atomic E-state index is 12.8. The summed E-state index contributed by atoms with van der Waals surface area (Å²) >= 11 is 1.00. The molecule has 0 saturated carbocycles. The first-order chi connectivity index (χ1) is 16.4. The Kier molecular flexibility index (Phi) is 7.04. The number of carbonyl (C=O) groups excluding carboxylic acids is 1. The van der Waals surface area contributed by atoms with Gasteiger partial charge in [0.05, 0.1) is 30.8 Å². The number of nitrogens with one attached hydrogen (secondary N) is 1. The van der Waals surface area contributed by atoms with Crippen molar-refractivity contribution in [2.24, 2.45) is 5.10 Å². The van der Waals surface area contributed by atoms with Gasteiger partial charge in [0.1, 0.15) is 5.75 Å². The van der Waals surface area contributed by atoms with E-state index in [0.717, 1.165) is 16.9 Å². The second-order valence-electron chi connectivity index (χ2n) is 6.88. The van der Waals surface area contributed by atoms with Crippen LogP contribution < -0.4 is 14.3 Å². The second kappa shape index (κ2) is 10.3. The third-order valence-corrected chi connectivity index (χ3v) is 7.30. The summed E-state index contributed by atoms with van der Waals surface area (Å²) in [5.74, 6) is 0.848. The predicted octanol–water partition coefficient (Wildman–Crippen LogP) is 3.87. The van der Waals surface area contributed by atoms with Gasteiger partial charge in [-0.2, -0.15) is 13.5 Å². The van der Waals surface area contributed by atoms with E-state index in [1.165, 1.54) is 30.9 Å². The number of nitrogens with zero attached hydrogens (tertiary/aromatic N) is 2. The molecule has 34 heavy (non-hydrogen) atoms. The van der Waals surface area contributed by atoms with Crippen LogP contribution in [0.5, 0.6) is 11.5 Å². The first kappa shape index (κ1) is 23.2. The minimum atomic E-state index is -4.10. The Bertz CT molecular complexity index is 1410. The highest BCUT2D eigenvalue weighted by molar-refractivity contribution is 7.89. The van der Waals surface area contributed by atoms with Gasteiger partial charge in [0.2, 0.25) is 5.91 Å². The third kappa shape index (κ3) is 5.69. The van der Waals surface area contributed by atoms with Crippen LogP contribution in [0.1, 0.15) is 11.1 Å². The van der Waals surface area contributed by atoms with Gasteiger partial charge in [0, 0.05) is 5.56 Å². The molecule has 1 amide bonds. The zero-order chi connectivity index (χ0) is 24.0. The normalized spacial score (nSPS) is 11.4. The average Bonchev–Trinajstić information content (AvgIpc) is 3.53. The highest BCUT2D eigenvalue weighted by Gasteiger charge is 2.21. The molecule has 11 heteroatoms. The molecule has 4 rings (SSSR count). The SMILES string of the molecule is COc1cccc(CC(=O)N/N=C/c2ccccc2OS(=O)(=O)c2ccc(-c3cnco3)s2)c1. The largest absolute Gasteiger partial charge is 0.497 e. The van der Waals surface area contributed by atoms with Crippen molar-refractivity contribution in [2.45, 2.75) is 10.6 Å². The topological polar surface area (TPSA) is 120 Å². The summed E-state index contributed by atoms with van der Waals surface area (Å²) in [7, 11) is -2.55. The van der Waals surface area contributed by atoms with Gasteiger partial charge < -0.3 is 13.3 Å². The van der Waals surface area contributed by atoms with Crippen molar-refractivity contribution in [1.29, 1.82) is 0 Å². The van der Waals surface area contributed by atoms with Crippen LogP contribution >= 0.6 is 11.3 Å². The third-order valence-electron chi connectivity index (χ3n) is 4.51. The number of rotatable bonds is 9. The van der Waals surface area contributed by atoms with Crippen LogP contribution in [0.4, 0.5) is 0 Å². The van der Waals surface area contributed by atoms with E-state index in [0.29, 0.717) is 22.0 Å². The number of benzene rings is 2. The number of oxazole rings is 1. The Hall–Kier alpha value is -3.96. The molecule has 0 aliphatic rings. The molecule has 2 aromatic heterocycles. The summed E-state index contributed by atoms with van der Waals surface area (Å²) in [4.78, 5) is 16.6. The average molecular weight is 498 g/mol. The van der Waals surface area contributed by atoms with Crippen molar-refractivity contribution < 1.29 is 26.5 Å². The number of carbonyl (C=O) groups is 1. The molecule has 0 aliphatic carbocycles. The first-order valence-electron chi connectivity index (χ1n) is 9.91. The fraction of sp³-hybridized carbons (Fsp3) is 0.0870. The van der Waals surface area contributed by atoms with Gasteiger partial charge >= 0.3 is 10.1 Å². The maximum Gasteiger partial charge on any atom is 0.348 e. The molecule has 0 bridgehead atoms. The molecule has 0 spiro atoms. The smallest absolute Gasteiger partial charge is 0.348 e. The Morgan fingerprint density at radius 3 is 2.82 bits per heavy atom. The number of methoxy groups -OCH3 is 1. The Morgan fingerprint density at radius 1 is 1.18 bits per heavy atom. The summed E-state index contributed by atoms with van der Waals surface area (Å²) in [5, 5.41) is 3.93. The molecule has 0 aliphatic heterocycles. The number of hydrazone groups is 1. The number of aromatic nitrogens is 1. The molecule has 0 fully saturated rings. The molecule has 174 valence electrons. The highest BCUT2D eigenvalue weighted by Crippen LogP contribution is 2.32. The fourth-order valence-electron chi connectivity index (χ4n) is 2.93. The van der Waals surface area contributed by atoms with E-state index in [1.54, 1.807) is 55.6 Å². The van der Waals surface area contributed by atoms with Gasteiger partial charge in [0.25, 0.3) is 0 Å². The van der Waals surface area contributed by atoms with E-state index in [2.05, 4.69) is 15.5 Å². The molecule has 0 atom stereocenters. The molecule has 0 radical (unpaired) electrons. The molecule has 0 unspecified atom stereocenters. The molecular formula is C23H19N3O6S2. The van der Waals surface area contributed by atoms with Crippen LogP contribution in [0.25, 0.3) is 10.6 Å². The number of amides is 1. The van der Waals surface area contributed by atoms with Gasteiger partial charge in [-0.05, 0) is 42.0 Å². The predicted molar refractivity (Wildman–Crippen MR) is 127 cm³/mol. The van der Waals surface area contributed by atoms with Crippen molar-refractivity contribution in [1.82, 2.24) is 10.4 Å². The van der Waals surface area contributed by atoms with E-state index >= 15 is 0 Å². The Balaban J connectivity index is 1.43. The quantitative estimate of drug-likeness (QED) is 0.212. The van der Waals surface area contributed by atoms with Gasteiger partial charge in [-0.1, -0.05) is 24.3 Å². The van der Waals surface area contributed by atoms with Gasteiger partial charge in [-0.3, -0.25) is 4.79 Å². The van der Waals surface area contributed by atoms with E-state index in [1.807, 2.05) is 0 Å². The lowest BCUT2D eigenvalue weighted by Crippen LogP contribution is -2.19. The first-order valence-corrected chi connectivity index (χ1v) is 12.1. The summed E-state index contributed by atoms with van der Waals surface area (Å²) in [6.07, 6.45) is 4.19. The van der Waals surface area contributed by atoms with E-state index in [4.69, 9.17) is 13.3 Å². The fourth-order valence-corrected chi connectivity index (χ4v) is 5.10. The molecule has 4 aromatic rings. The lowest BCUT2D eigenvalue weighted by Gasteiger charge is -2.08. The molecule has 1 N–H and O–H groups in total. The zero-order valence-corrected chi connectivity index (χ0v) is 19.5. The minimum Gasteiger partial charge on any atom is -0.497 e. The standard InChI is InChI=1S/C23H19N3O6S2/c1-30-18-7-4-5-16(11-18)12-22(27)26-25-13-17-6-2-3-8-19(17)32-34(28,29)23-10-9-21(33-23)20-14-24-15-31-20/h2-11,13-15H,12H2,1H3,(H,26,27)/b25-13+. The maximum absolute atomic E-state index is 12.8. The van der Waals surface area contributed by atoms with Gasteiger partial charge in [0.15, 0.2) is 22.1 Å². The minimum absolute atomic E-state index is 0.0113. The van der Waals surface area contributed by atoms with Gasteiger partial charge in [-0.15, -0.1) is 11.3 Å². The van der Waals surface area contributed by atoms with Crippen LogP contribution in [0.2, 0.25) is 0 Å². The molecule has 2 heterocycles. The van der Waals surface area contributed by atoms with Crippen LogP contribution in [-0.2, 0) is 21.3 Å². The lowest BCUT2D eigenvalue weighted by atomic mass is 10.1. The molecule has 2 aromatic carbocycles. The van der Waals surface area contributed by atoms with Crippen LogP contribution in [0, 0.1) is 0 Å². The van der Waals surface area contributed by atoms with Crippen LogP contribution in [-0.4, -0.2) is 32.6 Å². The number of ether oxygens (including phenoxy) is 1. The number of para-hydroxylation sites is 1. The van der Waals surface area contributed by atoms with E-state index in [9.17, 15) is 13.2 Å². The molecule has 0 saturated heterocycles. The van der Waals surface area contributed by atoms with Crippen molar-refractivity contribution in [3.05, 3.63) is 84.4 Å². The number of thiophene rings is 1. The summed E-state index contributed by atoms with van der Waals surface area (Å²) in [5.41, 5.74) is 3.57. The van der Waals surface area contributed by atoms with Gasteiger partial charge in [-0.25, -0.2) is 10.4 Å². The van der Waals surface area contributed by atoms with E-state index < -0.39 is 10.1 Å². The van der Waals surface area contributed by atoms with Crippen molar-refractivity contribution in [3.8, 4) is 22.1 Å². The second-order valence-corrected chi connectivity index (χ2v) is 9.74. The monoisotopic (exact) mass is 497 g/mol. The van der Waals surface area contributed by atoms with Crippen molar-refractivity contribution in [2.75, 3.05) is 7.11 Å². The van der Waals surface area contributed by atoms with Crippen molar-refractivity contribution >= 4 is 33.6 Å². The van der Waals surface area contributed by atoms with Crippen LogP contribution in [0.3, 0.4) is 0 Å². The summed E-state index contributed by atoms with van der Waals surface area (Å²) in [6.45, 7) is 0. The number of hydrogen-bond donors (Lipinski definition) is 1. The van der Waals surface area contributed by atoms with Crippen molar-refractivity contribution in [3.63, 3.8) is 0 Å². The number of hydrogen-bond acceptors (Lipinski definition) is 9. The Morgan fingerprint density at radius 2 is 2.03 bits per heavy atom. The molecular weight excluding hydrogens is 478 g/mol.